The van der Waals surface area contributed by atoms with Crippen LogP contribution in [0.4, 0.5) is 4.79 Å². The summed E-state index contributed by atoms with van der Waals surface area (Å²) in [5, 5.41) is 23.6. The Morgan fingerprint density at radius 3 is 2.15 bits per heavy atom. The molecule has 1 amide bonds. The maximum Gasteiger partial charge on any atom is 0.407 e. The number of alkyl carbamates (subject to hydrolysis) is 1. The van der Waals surface area contributed by atoms with Crippen LogP contribution in [-0.2, 0) is 22.4 Å². The summed E-state index contributed by atoms with van der Waals surface area (Å²) in [6.45, 7) is 5.25. The number of benzene rings is 2. The second kappa shape index (κ2) is 12.3. The molecular weight excluding hydrogens is 438 g/mol. The van der Waals surface area contributed by atoms with E-state index < -0.39 is 35.7 Å². The quantitative estimate of drug-likeness (QED) is 0.454. The van der Waals surface area contributed by atoms with Gasteiger partial charge in [-0.2, -0.15) is 0 Å². The number of hydrogen-bond donors (Lipinski definition) is 3. The van der Waals surface area contributed by atoms with E-state index in [2.05, 4.69) is 5.32 Å². The Morgan fingerprint density at radius 1 is 0.941 bits per heavy atom. The summed E-state index contributed by atoms with van der Waals surface area (Å²) in [7, 11) is 3.04. The van der Waals surface area contributed by atoms with Crippen molar-refractivity contribution in [2.24, 2.45) is 5.92 Å². The normalized spacial score (nSPS) is 13.9. The van der Waals surface area contributed by atoms with Crippen LogP contribution in [0.15, 0.2) is 48.5 Å². The molecule has 0 fully saturated rings. The van der Waals surface area contributed by atoms with E-state index in [1.807, 2.05) is 30.3 Å². The van der Waals surface area contributed by atoms with Gasteiger partial charge < -0.3 is 29.7 Å². The molecule has 0 saturated carbocycles. The van der Waals surface area contributed by atoms with Crippen LogP contribution in [0.2, 0.25) is 0 Å². The Balaban J connectivity index is 2.19. The summed E-state index contributed by atoms with van der Waals surface area (Å²) in [6, 6.07) is 13.8. The van der Waals surface area contributed by atoms with Crippen LogP contribution in [0.1, 0.15) is 38.3 Å². The predicted molar refractivity (Wildman–Crippen MR) is 128 cm³/mol. The van der Waals surface area contributed by atoms with Crippen molar-refractivity contribution in [2.45, 2.75) is 57.8 Å². The highest BCUT2D eigenvalue weighted by atomic mass is 16.6. The van der Waals surface area contributed by atoms with E-state index in [0.717, 1.165) is 11.1 Å². The van der Waals surface area contributed by atoms with Gasteiger partial charge in [0.2, 0.25) is 0 Å². The lowest BCUT2D eigenvalue weighted by Gasteiger charge is -2.28. The minimum atomic E-state index is -1.12. The summed E-state index contributed by atoms with van der Waals surface area (Å²) in [4.78, 5) is 24.4. The fourth-order valence-corrected chi connectivity index (χ4v) is 3.63. The van der Waals surface area contributed by atoms with Crippen LogP contribution in [0.5, 0.6) is 11.5 Å². The Labute approximate surface area is 200 Å². The molecule has 0 radical (unpaired) electrons. The summed E-state index contributed by atoms with van der Waals surface area (Å²) in [5.74, 6) is -0.878. The van der Waals surface area contributed by atoms with Crippen molar-refractivity contribution in [1.29, 1.82) is 0 Å². The van der Waals surface area contributed by atoms with Crippen molar-refractivity contribution in [3.05, 3.63) is 59.7 Å². The largest absolute Gasteiger partial charge is 0.493 e. The summed E-state index contributed by atoms with van der Waals surface area (Å²) in [5.41, 5.74) is 0.926. The lowest BCUT2D eigenvalue weighted by molar-refractivity contribution is -0.143. The number of carbonyl (C=O) groups excluding carboxylic acids is 1. The lowest BCUT2D eigenvalue weighted by atomic mass is 9.89. The van der Waals surface area contributed by atoms with Crippen molar-refractivity contribution in [3.63, 3.8) is 0 Å². The highest BCUT2D eigenvalue weighted by Gasteiger charge is 2.30. The number of nitrogens with one attached hydrogen (secondary N) is 1. The summed E-state index contributed by atoms with van der Waals surface area (Å²) in [6.07, 6.45) is -1.34. The summed E-state index contributed by atoms with van der Waals surface area (Å²) >= 11 is 0. The first-order chi connectivity index (χ1) is 16.0. The third kappa shape index (κ3) is 8.59. The molecule has 0 spiro atoms. The molecule has 2 rings (SSSR count). The molecule has 0 aromatic heterocycles. The van der Waals surface area contributed by atoms with Crippen molar-refractivity contribution >= 4 is 12.1 Å². The number of carboxylic acids is 1. The lowest BCUT2D eigenvalue weighted by Crippen LogP contribution is -2.47. The molecule has 0 bridgehead atoms. The van der Waals surface area contributed by atoms with Gasteiger partial charge >= 0.3 is 12.1 Å². The number of aliphatic carboxylic acids is 1. The van der Waals surface area contributed by atoms with Crippen LogP contribution in [0, 0.1) is 5.92 Å². The standard InChI is InChI=1S/C26H35NO7/c1-26(2,3)34-25(31)27-20(14-17-9-7-6-8-10-17)21(28)16-19(24(29)30)13-18-11-12-22(32-4)23(15-18)33-5/h6-12,15,19-21,28H,13-14,16H2,1-5H3,(H,27,31)(H,29,30). The van der Waals surface area contributed by atoms with Crippen molar-refractivity contribution in [1.82, 2.24) is 5.32 Å². The minimum absolute atomic E-state index is 0.0586. The highest BCUT2D eigenvalue weighted by molar-refractivity contribution is 5.71. The average Bonchev–Trinajstić information content (AvgIpc) is 2.77. The van der Waals surface area contributed by atoms with Gasteiger partial charge in [-0.25, -0.2) is 4.79 Å². The van der Waals surface area contributed by atoms with Gasteiger partial charge in [-0.3, -0.25) is 4.79 Å². The van der Waals surface area contributed by atoms with Crippen molar-refractivity contribution in [3.8, 4) is 11.5 Å². The van der Waals surface area contributed by atoms with Crippen LogP contribution >= 0.6 is 0 Å². The van der Waals surface area contributed by atoms with E-state index in [1.165, 1.54) is 14.2 Å². The van der Waals surface area contributed by atoms with Crippen LogP contribution in [0.25, 0.3) is 0 Å². The molecule has 8 heteroatoms. The Bertz CT molecular complexity index is 940. The Morgan fingerprint density at radius 2 is 1.59 bits per heavy atom. The van der Waals surface area contributed by atoms with Gasteiger partial charge in [0, 0.05) is 0 Å². The number of aliphatic hydroxyl groups excluding tert-OH is 1. The Hall–Kier alpha value is -3.26. The molecule has 0 heterocycles. The van der Waals surface area contributed by atoms with Crippen molar-refractivity contribution in [2.75, 3.05) is 14.2 Å². The molecule has 186 valence electrons. The zero-order valence-electron chi connectivity index (χ0n) is 20.4. The number of ether oxygens (including phenoxy) is 3. The van der Waals surface area contributed by atoms with Gasteiger partial charge in [-0.05, 0) is 63.3 Å². The molecule has 3 unspecified atom stereocenters. The molecular formula is C26H35NO7. The van der Waals surface area contributed by atoms with Gasteiger partial charge in [0.25, 0.3) is 0 Å². The third-order valence-electron chi connectivity index (χ3n) is 5.27. The molecule has 34 heavy (non-hydrogen) atoms. The fraction of sp³-hybridized carbons (Fsp3) is 0.462. The Kier molecular flexibility index (Phi) is 9.74. The van der Waals surface area contributed by atoms with Gasteiger partial charge in [-0.15, -0.1) is 0 Å². The zero-order valence-corrected chi connectivity index (χ0v) is 20.4. The molecule has 2 aromatic carbocycles. The van der Waals surface area contributed by atoms with Crippen LogP contribution < -0.4 is 14.8 Å². The first-order valence-electron chi connectivity index (χ1n) is 11.2. The van der Waals surface area contributed by atoms with E-state index in [4.69, 9.17) is 14.2 Å². The monoisotopic (exact) mass is 473 g/mol. The van der Waals surface area contributed by atoms with E-state index in [-0.39, 0.29) is 12.8 Å². The van der Waals surface area contributed by atoms with E-state index in [1.54, 1.807) is 39.0 Å². The number of amides is 1. The molecule has 3 atom stereocenters. The number of rotatable bonds is 11. The SMILES string of the molecule is COc1ccc(CC(CC(O)C(Cc2ccccc2)NC(=O)OC(C)(C)C)C(=O)O)cc1OC. The van der Waals surface area contributed by atoms with Gasteiger partial charge in [0.15, 0.2) is 11.5 Å². The van der Waals surface area contributed by atoms with Crippen LogP contribution in [-0.4, -0.2) is 54.2 Å². The predicted octanol–water partition coefficient (Wildman–Crippen LogP) is 3.83. The molecule has 8 nitrogen and oxygen atoms in total. The maximum atomic E-state index is 12.4. The van der Waals surface area contributed by atoms with Crippen LogP contribution in [0.3, 0.4) is 0 Å². The third-order valence-corrected chi connectivity index (χ3v) is 5.27. The number of aliphatic hydroxyl groups is 1. The van der Waals surface area contributed by atoms with E-state index >= 15 is 0 Å². The van der Waals surface area contributed by atoms with Gasteiger partial charge in [0.1, 0.15) is 5.60 Å². The summed E-state index contributed by atoms with van der Waals surface area (Å²) < 4.78 is 15.9. The van der Waals surface area contributed by atoms with E-state index in [9.17, 15) is 19.8 Å². The molecule has 0 aliphatic rings. The first kappa shape index (κ1) is 27.0. The number of carbonyl (C=O) groups is 2. The van der Waals surface area contributed by atoms with E-state index in [0.29, 0.717) is 17.9 Å². The first-order valence-corrected chi connectivity index (χ1v) is 11.2. The van der Waals surface area contributed by atoms with Gasteiger partial charge in [0.05, 0.1) is 32.3 Å². The highest BCUT2D eigenvalue weighted by Crippen LogP contribution is 2.29. The molecule has 3 N–H and O–H groups in total. The topological polar surface area (TPSA) is 114 Å². The molecule has 0 aliphatic carbocycles. The fourth-order valence-electron chi connectivity index (χ4n) is 3.63. The zero-order chi connectivity index (χ0) is 25.3. The maximum absolute atomic E-state index is 12.4. The average molecular weight is 474 g/mol. The van der Waals surface area contributed by atoms with Gasteiger partial charge in [-0.1, -0.05) is 36.4 Å². The number of methoxy groups -OCH3 is 2. The second-order valence-electron chi connectivity index (χ2n) is 9.17. The smallest absolute Gasteiger partial charge is 0.407 e. The number of carboxylic acid groups (broad SMARTS) is 1. The second-order valence-corrected chi connectivity index (χ2v) is 9.17. The number of hydrogen-bond acceptors (Lipinski definition) is 6. The molecule has 0 aliphatic heterocycles. The molecule has 2 aromatic rings. The minimum Gasteiger partial charge on any atom is -0.493 e. The molecule has 0 saturated heterocycles. The van der Waals surface area contributed by atoms with Crippen molar-refractivity contribution < 1.29 is 34.0 Å².